The van der Waals surface area contributed by atoms with Crippen molar-refractivity contribution in [1.29, 1.82) is 0 Å². The second-order valence-corrected chi connectivity index (χ2v) is 13.2. The highest BCUT2D eigenvalue weighted by Gasteiger charge is 2.35. The summed E-state index contributed by atoms with van der Waals surface area (Å²) in [5.41, 5.74) is 11.0. The van der Waals surface area contributed by atoms with Crippen molar-refractivity contribution in [3.05, 3.63) is 95.1 Å². The standard InChI is InChI=1S/C39H52N4O6/c1-47-27-32-9-8-22-43(32)25-33-23-36(30-18-16-29(26-44)17-19-30)49-39(48-33)31-20-14-28(15-21-31)24-41-37(45)12-4-2-3-5-13-38(46)42-35-11-7-6-10-34(35)40/h6-7,10-11,14-21,32-33,36,39,44H,2-5,8-9,12-13,22-27,40H2,1H3,(H,41,45)(H,42,46)/t32-,33-,36+,39+/m0/s1. The second kappa shape index (κ2) is 18.8. The number of hydrogen-bond donors (Lipinski definition) is 4. The summed E-state index contributed by atoms with van der Waals surface area (Å²) in [6.45, 7) is 3.05. The zero-order valence-corrected chi connectivity index (χ0v) is 28.7. The fraction of sp³-hybridized carbons (Fsp3) is 0.487. The number of nitrogens with two attached hydrogens (primary N) is 1. The summed E-state index contributed by atoms with van der Waals surface area (Å²) < 4.78 is 18.6. The van der Waals surface area contributed by atoms with Gasteiger partial charge >= 0.3 is 0 Å². The van der Waals surface area contributed by atoms with Crippen LogP contribution in [-0.2, 0) is 37.0 Å². The normalized spacial score (nSPS) is 21.0. The number of carbonyl (C=O) groups excluding carboxylic acids is 2. The van der Waals surface area contributed by atoms with Gasteiger partial charge in [-0.1, -0.05) is 73.5 Å². The average molecular weight is 673 g/mol. The molecule has 0 aliphatic carbocycles. The largest absolute Gasteiger partial charge is 0.397 e. The quantitative estimate of drug-likeness (QED) is 0.101. The Morgan fingerprint density at radius 2 is 1.59 bits per heavy atom. The van der Waals surface area contributed by atoms with Gasteiger partial charge in [-0.2, -0.15) is 0 Å². The highest BCUT2D eigenvalue weighted by atomic mass is 16.7. The molecule has 10 nitrogen and oxygen atoms in total. The van der Waals surface area contributed by atoms with Crippen molar-refractivity contribution in [1.82, 2.24) is 10.2 Å². The molecule has 0 spiro atoms. The molecular weight excluding hydrogens is 620 g/mol. The number of nitrogen functional groups attached to an aromatic ring is 1. The summed E-state index contributed by atoms with van der Waals surface area (Å²) in [7, 11) is 1.76. The lowest BCUT2D eigenvalue weighted by molar-refractivity contribution is -0.253. The number of nitrogens with one attached hydrogen (secondary N) is 2. The van der Waals surface area contributed by atoms with E-state index in [0.29, 0.717) is 36.8 Å². The van der Waals surface area contributed by atoms with Crippen LogP contribution in [0.25, 0.3) is 0 Å². The number of carbonyl (C=O) groups is 2. The molecule has 5 rings (SSSR count). The molecule has 2 saturated heterocycles. The van der Waals surface area contributed by atoms with Crippen LogP contribution in [0.2, 0.25) is 0 Å². The lowest BCUT2D eigenvalue weighted by Crippen LogP contribution is -2.42. The van der Waals surface area contributed by atoms with Crippen LogP contribution < -0.4 is 16.4 Å². The first kappa shape index (κ1) is 36.5. The van der Waals surface area contributed by atoms with Crippen LogP contribution in [-0.4, -0.2) is 60.8 Å². The topological polar surface area (TPSA) is 135 Å². The lowest BCUT2D eigenvalue weighted by Gasteiger charge is -2.38. The molecule has 4 atom stereocenters. The van der Waals surface area contributed by atoms with E-state index in [4.69, 9.17) is 19.9 Å². The zero-order valence-electron chi connectivity index (χ0n) is 28.7. The van der Waals surface area contributed by atoms with Crippen LogP contribution in [0.5, 0.6) is 0 Å². The molecule has 10 heteroatoms. The fourth-order valence-corrected chi connectivity index (χ4v) is 6.64. The Morgan fingerprint density at radius 3 is 2.31 bits per heavy atom. The Balaban J connectivity index is 1.06. The molecule has 2 aliphatic rings. The Hall–Kier alpha value is -3.80. The molecule has 3 aromatic rings. The summed E-state index contributed by atoms with van der Waals surface area (Å²) >= 11 is 0. The van der Waals surface area contributed by atoms with Crippen LogP contribution in [0.1, 0.15) is 92.4 Å². The number of hydrogen-bond acceptors (Lipinski definition) is 8. The number of rotatable bonds is 17. The van der Waals surface area contributed by atoms with Crippen LogP contribution in [0.3, 0.4) is 0 Å². The first-order valence-corrected chi connectivity index (χ1v) is 17.6. The third kappa shape index (κ3) is 11.1. The van der Waals surface area contributed by atoms with Crippen molar-refractivity contribution >= 4 is 23.2 Å². The summed E-state index contributed by atoms with van der Waals surface area (Å²) in [6, 6.07) is 23.7. The van der Waals surface area contributed by atoms with Crippen molar-refractivity contribution in [2.75, 3.05) is 37.9 Å². The fourth-order valence-electron chi connectivity index (χ4n) is 6.64. The van der Waals surface area contributed by atoms with Crippen LogP contribution in [0, 0.1) is 0 Å². The summed E-state index contributed by atoms with van der Waals surface area (Å²) in [5, 5.41) is 15.4. The third-order valence-electron chi connectivity index (χ3n) is 9.45. The molecule has 2 aliphatic heterocycles. The number of likely N-dealkylation sites (tertiary alicyclic amines) is 1. The van der Waals surface area contributed by atoms with Gasteiger partial charge in [0.15, 0.2) is 6.29 Å². The van der Waals surface area contributed by atoms with E-state index in [1.54, 1.807) is 19.2 Å². The maximum absolute atomic E-state index is 12.5. The van der Waals surface area contributed by atoms with Gasteiger partial charge in [-0.15, -0.1) is 0 Å². The van der Waals surface area contributed by atoms with E-state index in [1.807, 2.05) is 60.7 Å². The second-order valence-electron chi connectivity index (χ2n) is 13.2. The highest BCUT2D eigenvalue weighted by molar-refractivity contribution is 5.93. The van der Waals surface area contributed by atoms with Gasteiger partial charge in [0.05, 0.1) is 36.8 Å². The van der Waals surface area contributed by atoms with Crippen molar-refractivity contribution in [2.24, 2.45) is 0 Å². The molecule has 2 amide bonds. The molecule has 2 heterocycles. The predicted octanol–water partition coefficient (Wildman–Crippen LogP) is 6.01. The van der Waals surface area contributed by atoms with Gasteiger partial charge in [0, 0.05) is 51.1 Å². The highest BCUT2D eigenvalue weighted by Crippen LogP contribution is 2.38. The van der Waals surface area contributed by atoms with Gasteiger partial charge in [-0.25, -0.2) is 0 Å². The van der Waals surface area contributed by atoms with E-state index in [-0.39, 0.29) is 30.6 Å². The number of amides is 2. The molecule has 0 bridgehead atoms. The number of aliphatic hydroxyl groups is 1. The molecule has 3 aromatic carbocycles. The molecule has 2 fully saturated rings. The van der Waals surface area contributed by atoms with E-state index in [1.165, 1.54) is 0 Å². The number of benzene rings is 3. The van der Waals surface area contributed by atoms with Gasteiger partial charge in [-0.3, -0.25) is 14.5 Å². The third-order valence-corrected chi connectivity index (χ3v) is 9.45. The summed E-state index contributed by atoms with van der Waals surface area (Å²) in [4.78, 5) is 27.2. The van der Waals surface area contributed by atoms with Crippen LogP contribution in [0.4, 0.5) is 11.4 Å². The monoisotopic (exact) mass is 672 g/mol. The molecule has 49 heavy (non-hydrogen) atoms. The first-order chi connectivity index (χ1) is 23.9. The lowest BCUT2D eigenvalue weighted by atomic mass is 9.99. The Kier molecular flexibility index (Phi) is 14.0. The zero-order chi connectivity index (χ0) is 34.4. The van der Waals surface area contributed by atoms with E-state index in [0.717, 1.165) is 86.9 Å². The summed E-state index contributed by atoms with van der Waals surface area (Å²) in [5.74, 6) is -0.0264. The minimum absolute atomic E-state index is 0.0106. The number of unbranched alkanes of at least 4 members (excludes halogenated alkanes) is 3. The maximum atomic E-state index is 12.5. The van der Waals surface area contributed by atoms with Crippen LogP contribution in [0.15, 0.2) is 72.8 Å². The molecule has 264 valence electrons. The minimum Gasteiger partial charge on any atom is -0.397 e. The average Bonchev–Trinajstić information content (AvgIpc) is 3.56. The molecule has 0 saturated carbocycles. The van der Waals surface area contributed by atoms with Crippen molar-refractivity contribution in [3.8, 4) is 0 Å². The smallest absolute Gasteiger partial charge is 0.224 e. The summed E-state index contributed by atoms with van der Waals surface area (Å²) in [6.07, 6.45) is 6.60. The number of ether oxygens (including phenoxy) is 3. The van der Waals surface area contributed by atoms with E-state index < -0.39 is 6.29 Å². The Bertz CT molecular complexity index is 1470. The van der Waals surface area contributed by atoms with Gasteiger partial charge in [0.1, 0.15) is 0 Å². The predicted molar refractivity (Wildman–Crippen MR) is 190 cm³/mol. The molecule has 5 N–H and O–H groups in total. The van der Waals surface area contributed by atoms with Gasteiger partial charge in [0.2, 0.25) is 11.8 Å². The number of aliphatic hydroxyl groups excluding tert-OH is 1. The van der Waals surface area contributed by atoms with E-state index >= 15 is 0 Å². The number of methoxy groups -OCH3 is 1. The minimum atomic E-state index is -0.518. The molecule has 0 aromatic heterocycles. The first-order valence-electron chi connectivity index (χ1n) is 17.6. The number of nitrogens with zero attached hydrogens (tertiary/aromatic N) is 1. The Labute approximate surface area is 290 Å². The van der Waals surface area contributed by atoms with Crippen LogP contribution >= 0.6 is 0 Å². The maximum Gasteiger partial charge on any atom is 0.224 e. The number of para-hydroxylation sites is 2. The van der Waals surface area contributed by atoms with Gasteiger partial charge in [-0.05, 0) is 61.1 Å². The van der Waals surface area contributed by atoms with E-state index in [2.05, 4.69) is 15.5 Å². The van der Waals surface area contributed by atoms with E-state index in [9.17, 15) is 14.7 Å². The molecule has 0 radical (unpaired) electrons. The van der Waals surface area contributed by atoms with Gasteiger partial charge < -0.3 is 35.7 Å². The van der Waals surface area contributed by atoms with Crippen molar-refractivity contribution < 1.29 is 28.9 Å². The van der Waals surface area contributed by atoms with Crippen molar-refractivity contribution in [2.45, 2.75) is 95.5 Å². The molecular formula is C39H52N4O6. The Morgan fingerprint density at radius 1 is 0.898 bits per heavy atom. The SMILES string of the molecule is COC[C@@H]1CCCN1C[C@@H]1C[C@H](c2ccc(CO)cc2)O[C@H](c2ccc(CNC(=O)CCCCCCC(=O)Nc3ccccc3N)cc2)O1. The van der Waals surface area contributed by atoms with Crippen molar-refractivity contribution in [3.63, 3.8) is 0 Å². The molecule has 0 unspecified atom stereocenters. The van der Waals surface area contributed by atoms with Gasteiger partial charge in [0.25, 0.3) is 0 Å². The number of anilines is 2.